The molecule has 2 aromatic carbocycles. The van der Waals surface area contributed by atoms with Gasteiger partial charge in [-0.05, 0) is 0 Å². The molecule has 2 aliphatic heterocycles. The molecule has 35 heavy (non-hydrogen) atoms. The summed E-state index contributed by atoms with van der Waals surface area (Å²) in [6, 6.07) is -1.36. The van der Waals surface area contributed by atoms with Crippen molar-refractivity contribution >= 4 is 11.9 Å². The summed E-state index contributed by atoms with van der Waals surface area (Å²) in [6.07, 6.45) is -2.65. The molecule has 0 saturated carbocycles. The van der Waals surface area contributed by atoms with Gasteiger partial charge in [-0.25, -0.2) is 53.1 Å². The average Bonchev–Trinajstić information content (AvgIpc) is 2.83. The minimum absolute atomic E-state index is 0.119. The van der Waals surface area contributed by atoms with Crippen molar-refractivity contribution in [3.05, 3.63) is 69.3 Å². The highest BCUT2D eigenvalue weighted by Gasteiger charge is 2.82. The summed E-state index contributed by atoms with van der Waals surface area (Å²) in [5, 5.41) is 0. The van der Waals surface area contributed by atoms with Crippen molar-refractivity contribution < 1.29 is 62.6 Å². The molecule has 0 N–H and O–H groups in total. The lowest BCUT2D eigenvalue weighted by molar-refractivity contribution is -0.341. The Bertz CT molecular complexity index is 1220. The highest BCUT2D eigenvalue weighted by molar-refractivity contribution is 6.04. The number of imide groups is 1. The van der Waals surface area contributed by atoms with Crippen molar-refractivity contribution in [2.45, 2.75) is 17.5 Å². The van der Waals surface area contributed by atoms with Gasteiger partial charge < -0.3 is 4.74 Å². The molecule has 2 heterocycles. The van der Waals surface area contributed by atoms with Crippen LogP contribution < -0.4 is 0 Å². The molecule has 2 saturated heterocycles. The van der Waals surface area contributed by atoms with Crippen LogP contribution in [-0.4, -0.2) is 47.7 Å². The molecule has 188 valence electrons. The molecule has 0 aromatic heterocycles. The number of benzene rings is 2. The zero-order valence-electron chi connectivity index (χ0n) is 16.9. The van der Waals surface area contributed by atoms with Crippen molar-refractivity contribution in [3.8, 4) is 0 Å². The van der Waals surface area contributed by atoms with E-state index in [0.717, 1.165) is 0 Å². The predicted octanol–water partition coefficient (Wildman–Crippen LogP) is 3.91. The van der Waals surface area contributed by atoms with Crippen molar-refractivity contribution in [1.29, 1.82) is 0 Å². The molecule has 2 unspecified atom stereocenters. The number of urea groups is 1. The Kier molecular flexibility index (Phi) is 5.14. The maximum Gasteiger partial charge on any atom is 0.328 e. The first kappa shape index (κ1) is 24.7. The topological polar surface area (TPSA) is 49.9 Å². The van der Waals surface area contributed by atoms with Crippen LogP contribution in [0.4, 0.5) is 53.1 Å². The molecule has 4 rings (SSSR count). The Morgan fingerprint density at radius 3 is 1.29 bits per heavy atom. The van der Waals surface area contributed by atoms with E-state index in [1.807, 2.05) is 0 Å². The van der Waals surface area contributed by atoms with E-state index in [-0.39, 0.29) is 9.80 Å². The fourth-order valence-corrected chi connectivity index (χ4v) is 4.15. The number of halogens is 11. The summed E-state index contributed by atoms with van der Waals surface area (Å²) in [5.41, 5.74) is -14.0. The van der Waals surface area contributed by atoms with Crippen LogP contribution >= 0.6 is 0 Å². The van der Waals surface area contributed by atoms with E-state index in [9.17, 15) is 53.5 Å². The molecular formula is C19H7F11N2O3. The van der Waals surface area contributed by atoms with E-state index >= 15 is 4.39 Å². The van der Waals surface area contributed by atoms with Crippen LogP contribution in [0.5, 0.6) is 0 Å². The van der Waals surface area contributed by atoms with Crippen LogP contribution in [0.15, 0.2) is 0 Å². The quantitative estimate of drug-likeness (QED) is 0.343. The highest BCUT2D eigenvalue weighted by Crippen LogP contribution is 2.62. The highest BCUT2D eigenvalue weighted by atomic mass is 19.2. The minimum atomic E-state index is -4.48. The Hall–Kier alpha value is -3.43. The van der Waals surface area contributed by atoms with Crippen LogP contribution in [0.25, 0.3) is 0 Å². The van der Waals surface area contributed by atoms with E-state index in [4.69, 9.17) is 4.74 Å². The van der Waals surface area contributed by atoms with Gasteiger partial charge in [-0.1, -0.05) is 0 Å². The number of amides is 3. The van der Waals surface area contributed by atoms with Crippen LogP contribution in [0.1, 0.15) is 11.1 Å². The zero-order chi connectivity index (χ0) is 26.5. The summed E-state index contributed by atoms with van der Waals surface area (Å²) in [7, 11) is 1.25. The van der Waals surface area contributed by atoms with Crippen LogP contribution in [0.3, 0.4) is 0 Å². The normalized spacial score (nSPS) is 23.5. The smallest absolute Gasteiger partial charge is 0.328 e. The van der Waals surface area contributed by atoms with E-state index in [1.54, 1.807) is 0 Å². The molecular weight excluding hydrogens is 513 g/mol. The van der Waals surface area contributed by atoms with Gasteiger partial charge in [-0.15, -0.1) is 0 Å². The fraction of sp³-hybridized carbons (Fsp3) is 0.263. The first-order valence-electron chi connectivity index (χ1n) is 9.04. The first-order valence-corrected chi connectivity index (χ1v) is 9.04. The molecule has 2 fully saturated rings. The second kappa shape index (κ2) is 7.29. The first-order chi connectivity index (χ1) is 16.1. The van der Waals surface area contributed by atoms with E-state index in [0.29, 0.717) is 14.1 Å². The largest absolute Gasteiger partial charge is 0.333 e. The maximum atomic E-state index is 16.5. The van der Waals surface area contributed by atoms with Crippen molar-refractivity contribution in [1.82, 2.24) is 9.80 Å². The van der Waals surface area contributed by atoms with Gasteiger partial charge in [-0.2, -0.15) is 0 Å². The summed E-state index contributed by atoms with van der Waals surface area (Å²) in [6.45, 7) is 0. The number of rotatable bonds is 2. The second-order valence-electron chi connectivity index (χ2n) is 7.51. The molecule has 16 heteroatoms. The van der Waals surface area contributed by atoms with Crippen LogP contribution in [0.2, 0.25) is 0 Å². The third-order valence-electron chi connectivity index (χ3n) is 5.82. The lowest BCUT2D eigenvalue weighted by Crippen LogP contribution is -2.84. The number of hydrogen-bond donors (Lipinski definition) is 0. The van der Waals surface area contributed by atoms with Crippen molar-refractivity contribution in [3.63, 3.8) is 0 Å². The monoisotopic (exact) mass is 520 g/mol. The molecule has 0 spiro atoms. The second-order valence-corrected chi connectivity index (χ2v) is 7.51. The summed E-state index contributed by atoms with van der Waals surface area (Å²) < 4.78 is 164. The number of carbonyl (C=O) groups excluding carboxylic acids is 2. The number of ether oxygens (including phenoxy) is 1. The Labute approximate surface area is 186 Å². The van der Waals surface area contributed by atoms with Gasteiger partial charge in [0, 0.05) is 14.1 Å². The molecule has 0 radical (unpaired) electrons. The Balaban J connectivity index is 2.24. The van der Waals surface area contributed by atoms with Gasteiger partial charge in [0.05, 0.1) is 11.1 Å². The van der Waals surface area contributed by atoms with Gasteiger partial charge in [-0.3, -0.25) is 14.6 Å². The predicted molar refractivity (Wildman–Crippen MR) is 87.9 cm³/mol. The molecule has 2 aliphatic rings. The number of nitrogens with zero attached hydrogens (tertiary/aromatic N) is 2. The van der Waals surface area contributed by atoms with Gasteiger partial charge >= 0.3 is 6.03 Å². The fourth-order valence-electron chi connectivity index (χ4n) is 4.15. The standard InChI is InChI=1S/C19H7F11N2O3/c1-31-15(33)18(30)16(32(2)17(31)34)35-19(18,3-5(20)9(24)13(28)10(25)6(3)21)4-7(22)11(26)14(29)12(27)8(4)23/h16H,1-2H3. The number of carbonyl (C=O) groups is 2. The molecule has 0 bridgehead atoms. The van der Waals surface area contributed by atoms with Gasteiger partial charge in [0.1, 0.15) is 0 Å². The van der Waals surface area contributed by atoms with Crippen molar-refractivity contribution in [2.24, 2.45) is 0 Å². The SMILES string of the molecule is CN1C(=O)N(C)C2OC(c3c(F)c(F)c(F)c(F)c3F)(c3c(F)c(F)c(F)c(F)c3F)C2(F)C1=O. The summed E-state index contributed by atoms with van der Waals surface area (Å²) in [5.74, 6) is -31.2. The van der Waals surface area contributed by atoms with Gasteiger partial charge in [0.25, 0.3) is 11.6 Å². The lowest BCUT2D eigenvalue weighted by Gasteiger charge is -2.62. The average molecular weight is 520 g/mol. The number of hydrogen-bond acceptors (Lipinski definition) is 3. The van der Waals surface area contributed by atoms with E-state index in [2.05, 4.69) is 0 Å². The molecule has 0 aliphatic carbocycles. The van der Waals surface area contributed by atoms with Crippen LogP contribution in [-0.2, 0) is 15.1 Å². The molecule has 5 nitrogen and oxygen atoms in total. The maximum absolute atomic E-state index is 16.5. The van der Waals surface area contributed by atoms with Crippen LogP contribution in [0, 0.1) is 58.2 Å². The summed E-state index contributed by atoms with van der Waals surface area (Å²) >= 11 is 0. The van der Waals surface area contributed by atoms with E-state index in [1.165, 1.54) is 0 Å². The zero-order valence-corrected chi connectivity index (χ0v) is 16.9. The van der Waals surface area contributed by atoms with Gasteiger partial charge in [0.15, 0.2) is 58.4 Å². The molecule has 3 amide bonds. The van der Waals surface area contributed by atoms with E-state index < -0.39 is 98.7 Å². The third kappa shape index (κ3) is 2.57. The number of alkyl halides is 1. The minimum Gasteiger partial charge on any atom is -0.333 e. The Morgan fingerprint density at radius 1 is 0.629 bits per heavy atom. The van der Waals surface area contributed by atoms with Gasteiger partial charge in [0.2, 0.25) is 11.6 Å². The molecule has 2 aromatic rings. The summed E-state index contributed by atoms with van der Waals surface area (Å²) in [4.78, 5) is 24.9. The lowest BCUT2D eigenvalue weighted by atomic mass is 9.65. The molecule has 2 atom stereocenters. The third-order valence-corrected chi connectivity index (χ3v) is 5.82. The van der Waals surface area contributed by atoms with Crippen molar-refractivity contribution in [2.75, 3.05) is 14.1 Å². The Morgan fingerprint density at radius 2 is 0.943 bits per heavy atom. The number of fused-ring (bicyclic) bond motifs is 1.